The molecule has 0 aromatic heterocycles. The standard InChI is InChI=1S/C19H12O5/c1-23-18(21)15-13-10-7-3-5-9-6-4-8-11(12(9)10)14(13)16(17(15)20)19(22)24-2/h3-8H,1-2H3. The number of benzene rings is 2. The lowest BCUT2D eigenvalue weighted by Crippen LogP contribution is -2.19. The Kier molecular flexibility index (Phi) is 2.93. The normalized spacial score (nSPS) is 15.2. The zero-order valence-electron chi connectivity index (χ0n) is 13.0. The highest BCUT2D eigenvalue weighted by Crippen LogP contribution is 2.52. The third kappa shape index (κ3) is 1.61. The van der Waals surface area contributed by atoms with Crippen LogP contribution in [0.3, 0.4) is 0 Å². The second-order valence-corrected chi connectivity index (χ2v) is 5.52. The maximum Gasteiger partial charge on any atom is 0.342 e. The van der Waals surface area contributed by atoms with Crippen molar-refractivity contribution in [2.24, 2.45) is 0 Å². The number of hydrogen-bond donors (Lipinski definition) is 0. The van der Waals surface area contributed by atoms with Crippen LogP contribution in [0.25, 0.3) is 21.9 Å². The van der Waals surface area contributed by atoms with Crippen molar-refractivity contribution in [3.63, 3.8) is 0 Å². The van der Waals surface area contributed by atoms with Crippen molar-refractivity contribution < 1.29 is 23.9 Å². The highest BCUT2D eigenvalue weighted by atomic mass is 16.5. The summed E-state index contributed by atoms with van der Waals surface area (Å²) in [5.74, 6) is -2.15. The lowest BCUT2D eigenvalue weighted by Gasteiger charge is -2.06. The van der Waals surface area contributed by atoms with E-state index in [2.05, 4.69) is 0 Å². The highest BCUT2D eigenvalue weighted by Gasteiger charge is 2.45. The van der Waals surface area contributed by atoms with Crippen molar-refractivity contribution in [2.75, 3.05) is 14.2 Å². The summed E-state index contributed by atoms with van der Waals surface area (Å²) in [6, 6.07) is 11.3. The molecule has 118 valence electrons. The van der Waals surface area contributed by atoms with E-state index in [9.17, 15) is 14.4 Å². The lowest BCUT2D eigenvalue weighted by atomic mass is 10.00. The minimum Gasteiger partial charge on any atom is -0.465 e. The molecule has 0 spiro atoms. The molecule has 0 heterocycles. The maximum atomic E-state index is 12.7. The highest BCUT2D eigenvalue weighted by molar-refractivity contribution is 6.50. The van der Waals surface area contributed by atoms with Gasteiger partial charge in [-0.05, 0) is 21.9 Å². The van der Waals surface area contributed by atoms with Crippen LogP contribution in [0.2, 0.25) is 0 Å². The molecule has 2 aromatic carbocycles. The lowest BCUT2D eigenvalue weighted by molar-refractivity contribution is -0.138. The Morgan fingerprint density at radius 3 is 1.67 bits per heavy atom. The van der Waals surface area contributed by atoms with Crippen molar-refractivity contribution in [3.05, 3.63) is 58.7 Å². The van der Waals surface area contributed by atoms with E-state index < -0.39 is 17.7 Å². The third-order valence-corrected chi connectivity index (χ3v) is 4.43. The van der Waals surface area contributed by atoms with Gasteiger partial charge in [0.25, 0.3) is 0 Å². The summed E-state index contributed by atoms with van der Waals surface area (Å²) in [6.45, 7) is 0. The van der Waals surface area contributed by atoms with E-state index in [1.165, 1.54) is 14.2 Å². The van der Waals surface area contributed by atoms with Gasteiger partial charge in [0.05, 0.1) is 14.2 Å². The summed E-state index contributed by atoms with van der Waals surface area (Å²) >= 11 is 0. The van der Waals surface area contributed by atoms with E-state index in [-0.39, 0.29) is 11.1 Å². The molecule has 5 nitrogen and oxygen atoms in total. The average molecular weight is 320 g/mol. The van der Waals surface area contributed by atoms with Crippen LogP contribution in [-0.4, -0.2) is 31.9 Å². The van der Waals surface area contributed by atoms with Crippen LogP contribution in [0.4, 0.5) is 0 Å². The van der Waals surface area contributed by atoms with E-state index in [4.69, 9.17) is 9.47 Å². The number of carbonyl (C=O) groups is 3. The van der Waals surface area contributed by atoms with Crippen LogP contribution >= 0.6 is 0 Å². The van der Waals surface area contributed by atoms with Gasteiger partial charge in [-0.1, -0.05) is 36.4 Å². The van der Waals surface area contributed by atoms with Gasteiger partial charge in [-0.15, -0.1) is 0 Å². The molecule has 0 unspecified atom stereocenters. The van der Waals surface area contributed by atoms with Gasteiger partial charge in [0.1, 0.15) is 11.1 Å². The number of fused-ring (bicyclic) bond motifs is 3. The first-order valence-electron chi connectivity index (χ1n) is 7.33. The molecule has 4 rings (SSSR count). The van der Waals surface area contributed by atoms with E-state index in [0.717, 1.165) is 21.9 Å². The number of carbonyl (C=O) groups excluding carboxylic acids is 3. The molecule has 5 heteroatoms. The number of allylic oxidation sites excluding steroid dienone is 2. The van der Waals surface area contributed by atoms with Crippen LogP contribution < -0.4 is 0 Å². The molecule has 0 saturated carbocycles. The van der Waals surface area contributed by atoms with Gasteiger partial charge in [-0.25, -0.2) is 9.59 Å². The number of esters is 2. The van der Waals surface area contributed by atoms with Gasteiger partial charge < -0.3 is 9.47 Å². The van der Waals surface area contributed by atoms with Crippen LogP contribution in [-0.2, 0) is 23.9 Å². The largest absolute Gasteiger partial charge is 0.465 e. The van der Waals surface area contributed by atoms with Crippen molar-refractivity contribution in [1.29, 1.82) is 0 Å². The fraction of sp³-hybridized carbons (Fsp3) is 0.105. The zero-order chi connectivity index (χ0) is 17.0. The average Bonchev–Trinajstić information content (AvgIpc) is 3.08. The summed E-state index contributed by atoms with van der Waals surface area (Å²) in [5.41, 5.74) is 2.20. The van der Waals surface area contributed by atoms with Gasteiger partial charge in [-0.3, -0.25) is 4.79 Å². The smallest absolute Gasteiger partial charge is 0.342 e. The molecular formula is C19H12O5. The molecule has 0 N–H and O–H groups in total. The molecular weight excluding hydrogens is 308 g/mol. The van der Waals surface area contributed by atoms with Crippen LogP contribution in [0.1, 0.15) is 11.1 Å². The fourth-order valence-corrected chi connectivity index (χ4v) is 3.49. The first kappa shape index (κ1) is 14.4. The predicted octanol–water partition coefficient (Wildman–Crippen LogP) is 2.29. The van der Waals surface area contributed by atoms with E-state index in [0.29, 0.717) is 11.1 Å². The Hall–Kier alpha value is -3.21. The van der Waals surface area contributed by atoms with Gasteiger partial charge in [-0.2, -0.15) is 0 Å². The summed E-state index contributed by atoms with van der Waals surface area (Å²) in [5, 5.41) is 1.89. The Bertz CT molecular complexity index is 946. The summed E-state index contributed by atoms with van der Waals surface area (Å²) in [7, 11) is 2.42. The number of ketones is 1. The molecule has 2 aliphatic rings. The zero-order valence-corrected chi connectivity index (χ0v) is 13.0. The maximum absolute atomic E-state index is 12.7. The molecule has 2 aliphatic carbocycles. The molecule has 24 heavy (non-hydrogen) atoms. The van der Waals surface area contributed by atoms with Gasteiger partial charge in [0, 0.05) is 11.1 Å². The van der Waals surface area contributed by atoms with E-state index >= 15 is 0 Å². The molecule has 0 aliphatic heterocycles. The summed E-state index contributed by atoms with van der Waals surface area (Å²) < 4.78 is 9.55. The van der Waals surface area contributed by atoms with Crippen molar-refractivity contribution >= 4 is 39.6 Å². The second-order valence-electron chi connectivity index (χ2n) is 5.52. The molecule has 0 amide bonds. The van der Waals surface area contributed by atoms with Crippen molar-refractivity contribution in [1.82, 2.24) is 0 Å². The third-order valence-electron chi connectivity index (χ3n) is 4.43. The van der Waals surface area contributed by atoms with Crippen molar-refractivity contribution in [2.45, 2.75) is 0 Å². The number of rotatable bonds is 2. The summed E-state index contributed by atoms with van der Waals surface area (Å²) in [6.07, 6.45) is 0. The van der Waals surface area contributed by atoms with Gasteiger partial charge >= 0.3 is 11.9 Å². The molecule has 0 bridgehead atoms. The molecule has 0 saturated heterocycles. The van der Waals surface area contributed by atoms with Crippen LogP contribution in [0.5, 0.6) is 0 Å². The second kappa shape index (κ2) is 4.89. The minimum absolute atomic E-state index is 0.114. The molecule has 0 fully saturated rings. The van der Waals surface area contributed by atoms with Gasteiger partial charge in [0.2, 0.25) is 5.78 Å². The van der Waals surface area contributed by atoms with Crippen LogP contribution in [0.15, 0.2) is 47.5 Å². The van der Waals surface area contributed by atoms with Gasteiger partial charge in [0.15, 0.2) is 0 Å². The monoisotopic (exact) mass is 320 g/mol. The molecule has 2 aromatic rings. The van der Waals surface area contributed by atoms with E-state index in [1.54, 1.807) is 0 Å². The first-order chi connectivity index (χ1) is 11.6. The molecule has 0 radical (unpaired) electrons. The SMILES string of the molecule is COC(=O)C1=C2C(=C(C(=O)OC)C1=O)c1cccc3cccc2c13. The Morgan fingerprint density at radius 2 is 1.25 bits per heavy atom. The number of hydrogen-bond acceptors (Lipinski definition) is 5. The molecule has 0 atom stereocenters. The Balaban J connectivity index is 2.16. The topological polar surface area (TPSA) is 69.7 Å². The first-order valence-corrected chi connectivity index (χ1v) is 7.33. The predicted molar refractivity (Wildman–Crippen MR) is 86.8 cm³/mol. The minimum atomic E-state index is -0.754. The quantitative estimate of drug-likeness (QED) is 0.627. The fourth-order valence-electron chi connectivity index (χ4n) is 3.49. The Labute approximate surface area is 137 Å². The Morgan fingerprint density at radius 1 is 0.792 bits per heavy atom. The number of methoxy groups -OCH3 is 2. The number of ether oxygens (including phenoxy) is 2. The van der Waals surface area contributed by atoms with E-state index in [1.807, 2.05) is 36.4 Å². The van der Waals surface area contributed by atoms with Crippen molar-refractivity contribution in [3.8, 4) is 0 Å². The van der Waals surface area contributed by atoms with Crippen LogP contribution in [0, 0.1) is 0 Å². The number of Topliss-reactive ketones (excluding diaryl/α,β-unsaturated/α-hetero) is 1. The summed E-state index contributed by atoms with van der Waals surface area (Å²) in [4.78, 5) is 37.2.